The van der Waals surface area contributed by atoms with Crippen LogP contribution >= 0.6 is 0 Å². The Balaban J connectivity index is 1.53. The van der Waals surface area contributed by atoms with E-state index in [0.29, 0.717) is 45.0 Å². The van der Waals surface area contributed by atoms with Gasteiger partial charge in [0.1, 0.15) is 18.1 Å². The summed E-state index contributed by atoms with van der Waals surface area (Å²) in [5, 5.41) is 3.30. The second-order valence-corrected chi connectivity index (χ2v) is 5.90. The summed E-state index contributed by atoms with van der Waals surface area (Å²) in [6.07, 6.45) is 0. The van der Waals surface area contributed by atoms with E-state index in [1.165, 1.54) is 0 Å². The molecule has 6 heteroatoms. The first kappa shape index (κ1) is 18.1. The van der Waals surface area contributed by atoms with Gasteiger partial charge in [-0.15, -0.1) is 0 Å². The van der Waals surface area contributed by atoms with Crippen LogP contribution in [0.3, 0.4) is 0 Å². The molecule has 2 aromatic carbocycles. The smallest absolute Gasteiger partial charge is 0.256 e. The number of hydrogen-bond acceptors (Lipinski definition) is 5. The molecule has 26 heavy (non-hydrogen) atoms. The minimum atomic E-state index is 0.0347. The summed E-state index contributed by atoms with van der Waals surface area (Å²) >= 11 is 0. The van der Waals surface area contributed by atoms with E-state index in [1.807, 2.05) is 53.4 Å². The Morgan fingerprint density at radius 2 is 1.77 bits per heavy atom. The van der Waals surface area contributed by atoms with Crippen molar-refractivity contribution in [3.05, 3.63) is 54.1 Å². The Morgan fingerprint density at radius 1 is 1.08 bits per heavy atom. The number of ether oxygens (including phenoxy) is 3. The second-order valence-electron chi connectivity index (χ2n) is 5.90. The molecule has 0 saturated carbocycles. The van der Waals surface area contributed by atoms with Crippen LogP contribution in [0.25, 0.3) is 0 Å². The summed E-state index contributed by atoms with van der Waals surface area (Å²) in [4.78, 5) is 14.6. The van der Waals surface area contributed by atoms with E-state index in [2.05, 4.69) is 5.32 Å². The molecule has 2 aromatic rings. The highest BCUT2D eigenvalue weighted by molar-refractivity contribution is 5.99. The molecule has 1 N–H and O–H groups in total. The third kappa shape index (κ3) is 4.67. The van der Waals surface area contributed by atoms with Crippen molar-refractivity contribution in [3.63, 3.8) is 0 Å². The average molecular weight is 356 g/mol. The van der Waals surface area contributed by atoms with Gasteiger partial charge in [-0.25, -0.2) is 0 Å². The number of carbonyl (C=O) groups is 1. The van der Waals surface area contributed by atoms with E-state index < -0.39 is 0 Å². The molecule has 0 unspecified atom stereocenters. The lowest BCUT2D eigenvalue weighted by molar-refractivity contribution is 0.0303. The van der Waals surface area contributed by atoms with Crippen molar-refractivity contribution in [2.45, 2.75) is 0 Å². The third-order valence-electron chi connectivity index (χ3n) is 4.20. The Morgan fingerprint density at radius 3 is 2.50 bits per heavy atom. The maximum absolute atomic E-state index is 12.7. The van der Waals surface area contributed by atoms with E-state index in [9.17, 15) is 4.79 Å². The Labute approximate surface area is 153 Å². The lowest BCUT2D eigenvalue weighted by Crippen LogP contribution is -2.41. The van der Waals surface area contributed by atoms with E-state index in [0.717, 1.165) is 17.2 Å². The molecule has 3 rings (SSSR count). The number of methoxy groups -OCH3 is 1. The minimum Gasteiger partial charge on any atom is -0.497 e. The van der Waals surface area contributed by atoms with Crippen LogP contribution in [-0.4, -0.2) is 57.4 Å². The van der Waals surface area contributed by atoms with Gasteiger partial charge >= 0.3 is 0 Å². The monoisotopic (exact) mass is 356 g/mol. The molecule has 6 nitrogen and oxygen atoms in total. The van der Waals surface area contributed by atoms with E-state index in [1.54, 1.807) is 7.11 Å². The maximum Gasteiger partial charge on any atom is 0.256 e. The number of morpholine rings is 1. The van der Waals surface area contributed by atoms with Crippen LogP contribution in [0.5, 0.6) is 11.5 Å². The fourth-order valence-corrected chi connectivity index (χ4v) is 2.79. The third-order valence-corrected chi connectivity index (χ3v) is 4.20. The quantitative estimate of drug-likeness (QED) is 0.773. The molecule has 0 bridgehead atoms. The number of para-hydroxylation sites is 1. The van der Waals surface area contributed by atoms with Crippen LogP contribution in [0.4, 0.5) is 5.69 Å². The van der Waals surface area contributed by atoms with Crippen LogP contribution in [0, 0.1) is 0 Å². The highest BCUT2D eigenvalue weighted by Gasteiger charge is 2.20. The molecule has 1 saturated heterocycles. The molecule has 0 aromatic heterocycles. The van der Waals surface area contributed by atoms with Gasteiger partial charge in [0, 0.05) is 25.3 Å². The lowest BCUT2D eigenvalue weighted by Gasteiger charge is -2.27. The molecule has 0 aliphatic carbocycles. The molecule has 1 amide bonds. The maximum atomic E-state index is 12.7. The summed E-state index contributed by atoms with van der Waals surface area (Å²) in [5.74, 6) is 1.61. The van der Waals surface area contributed by atoms with Gasteiger partial charge in [-0.3, -0.25) is 4.79 Å². The van der Waals surface area contributed by atoms with Crippen molar-refractivity contribution in [3.8, 4) is 11.5 Å². The van der Waals surface area contributed by atoms with Gasteiger partial charge in [-0.05, 0) is 36.4 Å². The van der Waals surface area contributed by atoms with E-state index >= 15 is 0 Å². The molecule has 0 radical (unpaired) electrons. The SMILES string of the molecule is COc1ccc(OCCNc2ccccc2C(=O)N2CCOCC2)cc1. The zero-order chi connectivity index (χ0) is 18.2. The summed E-state index contributed by atoms with van der Waals surface area (Å²) < 4.78 is 16.2. The van der Waals surface area contributed by atoms with Crippen LogP contribution in [0.2, 0.25) is 0 Å². The Bertz CT molecular complexity index is 712. The first-order valence-corrected chi connectivity index (χ1v) is 8.74. The number of nitrogens with one attached hydrogen (secondary N) is 1. The molecule has 138 valence electrons. The van der Waals surface area contributed by atoms with Gasteiger partial charge in [0.05, 0.1) is 25.9 Å². The fraction of sp³-hybridized carbons (Fsp3) is 0.350. The van der Waals surface area contributed by atoms with E-state index in [-0.39, 0.29) is 5.91 Å². The molecular formula is C20H24N2O4. The number of hydrogen-bond donors (Lipinski definition) is 1. The van der Waals surface area contributed by atoms with Crippen molar-refractivity contribution in [1.82, 2.24) is 4.90 Å². The fourth-order valence-electron chi connectivity index (χ4n) is 2.79. The van der Waals surface area contributed by atoms with Gasteiger partial charge in [0.15, 0.2) is 0 Å². The summed E-state index contributed by atoms with van der Waals surface area (Å²) in [7, 11) is 1.63. The van der Waals surface area contributed by atoms with Gasteiger partial charge in [-0.2, -0.15) is 0 Å². The topological polar surface area (TPSA) is 60.0 Å². The van der Waals surface area contributed by atoms with Gasteiger partial charge in [0.2, 0.25) is 0 Å². The molecule has 1 heterocycles. The molecule has 0 atom stereocenters. The summed E-state index contributed by atoms with van der Waals surface area (Å²) in [6.45, 7) is 3.54. The Hall–Kier alpha value is -2.73. The first-order valence-electron chi connectivity index (χ1n) is 8.74. The van der Waals surface area contributed by atoms with Crippen molar-refractivity contribution in [2.24, 2.45) is 0 Å². The average Bonchev–Trinajstić information content (AvgIpc) is 2.72. The second kappa shape index (κ2) is 9.10. The minimum absolute atomic E-state index is 0.0347. The number of nitrogens with zero attached hydrogens (tertiary/aromatic N) is 1. The van der Waals surface area contributed by atoms with Crippen molar-refractivity contribution in [1.29, 1.82) is 0 Å². The standard InChI is InChI=1S/C20H24N2O4/c1-24-16-6-8-17(9-7-16)26-13-10-21-19-5-3-2-4-18(19)20(23)22-11-14-25-15-12-22/h2-9,21H,10-15H2,1H3. The highest BCUT2D eigenvalue weighted by atomic mass is 16.5. The van der Waals surface area contributed by atoms with Gasteiger partial charge < -0.3 is 24.4 Å². The molecule has 1 fully saturated rings. The summed E-state index contributed by atoms with van der Waals surface area (Å²) in [6, 6.07) is 15.0. The van der Waals surface area contributed by atoms with Crippen LogP contribution < -0.4 is 14.8 Å². The van der Waals surface area contributed by atoms with E-state index in [4.69, 9.17) is 14.2 Å². The molecule has 1 aliphatic heterocycles. The number of rotatable bonds is 7. The molecule has 1 aliphatic rings. The van der Waals surface area contributed by atoms with Crippen LogP contribution in [0.1, 0.15) is 10.4 Å². The first-order chi connectivity index (χ1) is 12.8. The predicted octanol–water partition coefficient (Wildman–Crippen LogP) is 2.66. The number of carbonyl (C=O) groups excluding carboxylic acids is 1. The van der Waals surface area contributed by atoms with Crippen molar-refractivity contribution < 1.29 is 19.0 Å². The largest absolute Gasteiger partial charge is 0.497 e. The predicted molar refractivity (Wildman–Crippen MR) is 100 cm³/mol. The lowest BCUT2D eigenvalue weighted by atomic mass is 10.1. The normalized spacial score (nSPS) is 14.0. The molecule has 0 spiro atoms. The molecular weight excluding hydrogens is 332 g/mol. The van der Waals surface area contributed by atoms with Crippen molar-refractivity contribution >= 4 is 11.6 Å². The zero-order valence-corrected chi connectivity index (χ0v) is 14.9. The zero-order valence-electron chi connectivity index (χ0n) is 14.9. The van der Waals surface area contributed by atoms with Crippen molar-refractivity contribution in [2.75, 3.05) is 51.9 Å². The van der Waals surface area contributed by atoms with Crippen LogP contribution in [0.15, 0.2) is 48.5 Å². The number of anilines is 1. The highest BCUT2D eigenvalue weighted by Crippen LogP contribution is 2.19. The van der Waals surface area contributed by atoms with Crippen LogP contribution in [-0.2, 0) is 4.74 Å². The van der Waals surface area contributed by atoms with Gasteiger partial charge in [-0.1, -0.05) is 12.1 Å². The Kier molecular flexibility index (Phi) is 6.33. The summed E-state index contributed by atoms with van der Waals surface area (Å²) in [5.41, 5.74) is 1.50. The van der Waals surface area contributed by atoms with Gasteiger partial charge in [0.25, 0.3) is 5.91 Å². The number of amides is 1. The number of benzene rings is 2.